The maximum absolute atomic E-state index is 12.3. The predicted molar refractivity (Wildman–Crippen MR) is 77.7 cm³/mol. The molecule has 0 bridgehead atoms. The van der Waals surface area contributed by atoms with Crippen molar-refractivity contribution >= 4 is 23.3 Å². The van der Waals surface area contributed by atoms with Gasteiger partial charge in [-0.2, -0.15) is 0 Å². The summed E-state index contributed by atoms with van der Waals surface area (Å²) in [7, 11) is 1.83. The Hall–Kier alpha value is -1.29. The number of pyridine rings is 1. The average molecular weight is 282 g/mol. The average Bonchev–Trinajstić information content (AvgIpc) is 3.21. The highest BCUT2D eigenvalue weighted by molar-refractivity contribution is 6.33. The van der Waals surface area contributed by atoms with Gasteiger partial charge in [0.1, 0.15) is 5.82 Å². The van der Waals surface area contributed by atoms with Gasteiger partial charge in [-0.25, -0.2) is 4.98 Å². The monoisotopic (exact) mass is 281 g/mol. The molecule has 19 heavy (non-hydrogen) atoms. The van der Waals surface area contributed by atoms with Gasteiger partial charge in [-0.3, -0.25) is 4.79 Å². The van der Waals surface area contributed by atoms with E-state index < -0.39 is 0 Å². The van der Waals surface area contributed by atoms with Crippen LogP contribution in [0.1, 0.15) is 36.5 Å². The molecule has 2 rings (SSSR count). The Morgan fingerprint density at radius 1 is 1.58 bits per heavy atom. The summed E-state index contributed by atoms with van der Waals surface area (Å²) in [4.78, 5) is 18.3. The molecule has 0 saturated heterocycles. The number of hydrogen-bond acceptors (Lipinski definition) is 3. The van der Waals surface area contributed by atoms with Gasteiger partial charge in [-0.05, 0) is 31.2 Å². The second kappa shape index (κ2) is 6.24. The lowest BCUT2D eigenvalue weighted by molar-refractivity contribution is 0.0789. The zero-order valence-corrected chi connectivity index (χ0v) is 12.2. The molecular formula is C14H20ClN3O. The smallest absolute Gasteiger partial charge is 0.255 e. The van der Waals surface area contributed by atoms with Crippen molar-refractivity contribution in [3.63, 3.8) is 0 Å². The first-order valence-corrected chi connectivity index (χ1v) is 7.14. The minimum atomic E-state index is -0.0288. The Kier molecular flexibility index (Phi) is 4.64. The molecule has 1 saturated carbocycles. The lowest BCUT2D eigenvalue weighted by Crippen LogP contribution is -2.29. The summed E-state index contributed by atoms with van der Waals surface area (Å²) < 4.78 is 0. The maximum Gasteiger partial charge on any atom is 0.255 e. The third kappa shape index (κ3) is 3.83. The molecular weight excluding hydrogens is 262 g/mol. The molecule has 104 valence electrons. The Morgan fingerprint density at radius 3 is 2.95 bits per heavy atom. The molecule has 4 nitrogen and oxygen atoms in total. The van der Waals surface area contributed by atoms with E-state index in [4.69, 9.17) is 11.6 Å². The van der Waals surface area contributed by atoms with Crippen LogP contribution < -0.4 is 5.32 Å². The molecule has 0 unspecified atom stereocenters. The number of nitrogens with zero attached hydrogens (tertiary/aromatic N) is 2. The quantitative estimate of drug-likeness (QED) is 0.872. The normalized spacial score (nSPS) is 14.3. The number of anilines is 1. The lowest BCUT2D eigenvalue weighted by Gasteiger charge is -2.18. The van der Waals surface area contributed by atoms with Crippen LogP contribution in [0.2, 0.25) is 5.02 Å². The van der Waals surface area contributed by atoms with E-state index in [-0.39, 0.29) is 5.91 Å². The molecule has 1 heterocycles. The predicted octanol–water partition coefficient (Wildman–Crippen LogP) is 3.04. The Balaban J connectivity index is 2.09. The zero-order valence-electron chi connectivity index (χ0n) is 11.4. The first kappa shape index (κ1) is 14.1. The Morgan fingerprint density at radius 2 is 2.32 bits per heavy atom. The Bertz CT molecular complexity index is 460. The van der Waals surface area contributed by atoms with E-state index in [1.807, 2.05) is 7.05 Å². The number of amides is 1. The lowest BCUT2D eigenvalue weighted by atomic mass is 10.2. The molecule has 0 aliphatic heterocycles. The molecule has 0 aromatic carbocycles. The molecule has 1 fully saturated rings. The van der Waals surface area contributed by atoms with Crippen LogP contribution in [0.25, 0.3) is 0 Å². The van der Waals surface area contributed by atoms with Crippen LogP contribution in [0.3, 0.4) is 0 Å². The molecule has 5 heteroatoms. The van der Waals surface area contributed by atoms with Crippen LogP contribution >= 0.6 is 11.6 Å². The van der Waals surface area contributed by atoms with Crippen molar-refractivity contribution in [1.82, 2.24) is 9.88 Å². The highest BCUT2D eigenvalue weighted by Crippen LogP contribution is 2.30. The van der Waals surface area contributed by atoms with Crippen LogP contribution in [0.4, 0.5) is 5.82 Å². The van der Waals surface area contributed by atoms with Gasteiger partial charge < -0.3 is 10.2 Å². The van der Waals surface area contributed by atoms with Gasteiger partial charge in [0.2, 0.25) is 0 Å². The summed E-state index contributed by atoms with van der Waals surface area (Å²) in [6, 6.07) is 1.74. The summed E-state index contributed by atoms with van der Waals surface area (Å²) in [5, 5.41) is 3.58. The fourth-order valence-corrected chi connectivity index (χ4v) is 2.11. The third-order valence-electron chi connectivity index (χ3n) is 3.22. The minimum Gasteiger partial charge on any atom is -0.370 e. The van der Waals surface area contributed by atoms with Gasteiger partial charge in [0.15, 0.2) is 0 Å². The molecule has 1 N–H and O–H groups in total. The van der Waals surface area contributed by atoms with Crippen molar-refractivity contribution in [3.05, 3.63) is 22.8 Å². The number of halogens is 1. The van der Waals surface area contributed by atoms with E-state index in [0.29, 0.717) is 22.3 Å². The molecule has 1 amide bonds. The van der Waals surface area contributed by atoms with Crippen molar-refractivity contribution in [3.8, 4) is 0 Å². The standard InChI is InChI=1S/C14H20ClN3O/c1-3-6-16-13-7-11(12(15)8-17-13)14(19)18(2)9-10-4-5-10/h7-8,10H,3-6,9H2,1-2H3,(H,16,17). The molecule has 1 aliphatic rings. The molecule has 1 aromatic heterocycles. The highest BCUT2D eigenvalue weighted by Gasteiger charge is 2.26. The summed E-state index contributed by atoms with van der Waals surface area (Å²) in [5.41, 5.74) is 0.526. The number of aromatic nitrogens is 1. The van der Waals surface area contributed by atoms with E-state index >= 15 is 0 Å². The van der Waals surface area contributed by atoms with Gasteiger partial charge in [0.05, 0.1) is 10.6 Å². The molecule has 0 radical (unpaired) electrons. The fraction of sp³-hybridized carbons (Fsp3) is 0.571. The van der Waals surface area contributed by atoms with E-state index in [1.165, 1.54) is 19.0 Å². The van der Waals surface area contributed by atoms with Gasteiger partial charge >= 0.3 is 0 Å². The van der Waals surface area contributed by atoms with E-state index in [2.05, 4.69) is 17.2 Å². The summed E-state index contributed by atoms with van der Waals surface area (Å²) >= 11 is 6.08. The topological polar surface area (TPSA) is 45.2 Å². The molecule has 0 atom stereocenters. The maximum atomic E-state index is 12.3. The molecule has 1 aromatic rings. The number of nitrogens with one attached hydrogen (secondary N) is 1. The largest absolute Gasteiger partial charge is 0.370 e. The zero-order chi connectivity index (χ0) is 13.8. The van der Waals surface area contributed by atoms with Gasteiger partial charge in [0.25, 0.3) is 5.91 Å². The number of rotatable bonds is 6. The van der Waals surface area contributed by atoms with Gasteiger partial charge in [-0.15, -0.1) is 0 Å². The van der Waals surface area contributed by atoms with Crippen molar-refractivity contribution in [2.45, 2.75) is 26.2 Å². The first-order valence-electron chi connectivity index (χ1n) is 6.76. The minimum absolute atomic E-state index is 0.0288. The van der Waals surface area contributed by atoms with Crippen molar-refractivity contribution < 1.29 is 4.79 Å². The number of carbonyl (C=O) groups excluding carboxylic acids is 1. The highest BCUT2D eigenvalue weighted by atomic mass is 35.5. The van der Waals surface area contributed by atoms with Gasteiger partial charge in [0, 0.05) is 26.3 Å². The molecule has 0 spiro atoms. The molecule has 1 aliphatic carbocycles. The van der Waals surface area contributed by atoms with Gasteiger partial charge in [-0.1, -0.05) is 18.5 Å². The summed E-state index contributed by atoms with van der Waals surface area (Å²) in [6.07, 6.45) is 5.00. The second-order valence-corrected chi connectivity index (χ2v) is 5.51. The van der Waals surface area contributed by atoms with Crippen molar-refractivity contribution in [1.29, 1.82) is 0 Å². The van der Waals surface area contributed by atoms with Crippen molar-refractivity contribution in [2.75, 3.05) is 25.5 Å². The van der Waals surface area contributed by atoms with E-state index in [0.717, 1.165) is 19.5 Å². The van der Waals surface area contributed by atoms with E-state index in [1.54, 1.807) is 11.0 Å². The third-order valence-corrected chi connectivity index (χ3v) is 3.52. The van der Waals surface area contributed by atoms with Crippen molar-refractivity contribution in [2.24, 2.45) is 5.92 Å². The fourth-order valence-electron chi connectivity index (χ4n) is 1.93. The summed E-state index contributed by atoms with van der Waals surface area (Å²) in [6.45, 7) is 3.73. The van der Waals surface area contributed by atoms with Crippen LogP contribution in [0.15, 0.2) is 12.3 Å². The van der Waals surface area contributed by atoms with Crippen LogP contribution in [-0.4, -0.2) is 35.9 Å². The Labute approximate surface area is 119 Å². The second-order valence-electron chi connectivity index (χ2n) is 5.11. The first-order chi connectivity index (χ1) is 9.11. The van der Waals surface area contributed by atoms with Crippen LogP contribution in [-0.2, 0) is 0 Å². The number of hydrogen-bond donors (Lipinski definition) is 1. The SMILES string of the molecule is CCCNc1cc(C(=O)N(C)CC2CC2)c(Cl)cn1. The van der Waals surface area contributed by atoms with Crippen LogP contribution in [0, 0.1) is 5.92 Å². The van der Waals surface area contributed by atoms with E-state index in [9.17, 15) is 4.79 Å². The number of carbonyl (C=O) groups is 1. The van der Waals surface area contributed by atoms with Crippen LogP contribution in [0.5, 0.6) is 0 Å². The summed E-state index contributed by atoms with van der Waals surface area (Å²) in [5.74, 6) is 1.35.